The minimum Gasteiger partial charge on any atom is -0.473 e. The summed E-state index contributed by atoms with van der Waals surface area (Å²) in [6.45, 7) is 4.96. The summed E-state index contributed by atoms with van der Waals surface area (Å²) in [5.74, 6) is 1.35. The molecule has 1 heterocycles. The maximum atomic E-state index is 11.4. The summed E-state index contributed by atoms with van der Waals surface area (Å²) in [7, 11) is 0. The molecule has 1 aliphatic carbocycles. The lowest BCUT2D eigenvalue weighted by Crippen LogP contribution is -2.11. The fraction of sp³-hybridized carbons (Fsp3) is 0.733. The summed E-state index contributed by atoms with van der Waals surface area (Å²) >= 11 is 0. The molecule has 0 spiro atoms. The van der Waals surface area contributed by atoms with Crippen LogP contribution in [0.4, 0.5) is 11.5 Å². The highest BCUT2D eigenvalue weighted by atomic mass is 16.6. The Kier molecular flexibility index (Phi) is 5.91. The summed E-state index contributed by atoms with van der Waals surface area (Å²) in [5.41, 5.74) is -0.151. The molecule has 122 valence electrons. The molecule has 1 aliphatic rings. The third-order valence-corrected chi connectivity index (χ3v) is 3.60. The summed E-state index contributed by atoms with van der Waals surface area (Å²) in [4.78, 5) is 19.5. The van der Waals surface area contributed by atoms with Crippen LogP contribution in [0, 0.1) is 10.1 Å². The molecule has 1 saturated carbocycles. The summed E-state index contributed by atoms with van der Waals surface area (Å²) in [5, 5.41) is 14.5. The van der Waals surface area contributed by atoms with Gasteiger partial charge in [0.2, 0.25) is 5.82 Å². The van der Waals surface area contributed by atoms with Crippen molar-refractivity contribution in [2.24, 2.45) is 0 Å². The van der Waals surface area contributed by atoms with Crippen LogP contribution in [0.1, 0.15) is 64.1 Å². The normalized spacial score (nSPS) is 13.9. The lowest BCUT2D eigenvalue weighted by atomic mass is 10.2. The number of rotatable bonds is 10. The number of nitro groups is 1. The number of nitrogens with one attached hydrogen (secondary N) is 1. The van der Waals surface area contributed by atoms with Crippen LogP contribution >= 0.6 is 0 Å². The molecule has 0 atom stereocenters. The molecule has 1 fully saturated rings. The zero-order chi connectivity index (χ0) is 15.9. The Bertz CT molecular complexity index is 518. The van der Waals surface area contributed by atoms with Crippen LogP contribution in [-0.4, -0.2) is 28.0 Å². The molecule has 0 unspecified atom stereocenters. The minimum absolute atomic E-state index is 0.0838. The molecule has 1 aromatic heterocycles. The van der Waals surface area contributed by atoms with Crippen LogP contribution < -0.4 is 10.1 Å². The highest BCUT2D eigenvalue weighted by Crippen LogP contribution is 2.41. The van der Waals surface area contributed by atoms with E-state index in [1.165, 1.54) is 6.42 Å². The molecule has 0 bridgehead atoms. The standard InChI is InChI=1S/C15H24N4O3/c1-3-5-6-7-10-16-14-12(19(20)21)15(22-4-2)18-13(17-14)11-8-9-11/h11H,3-10H2,1-2H3,(H,16,17,18). The van der Waals surface area contributed by atoms with Crippen LogP contribution in [0.2, 0.25) is 0 Å². The summed E-state index contributed by atoms with van der Waals surface area (Å²) < 4.78 is 5.37. The van der Waals surface area contributed by atoms with E-state index in [9.17, 15) is 10.1 Å². The van der Waals surface area contributed by atoms with Gasteiger partial charge in [-0.3, -0.25) is 10.1 Å². The van der Waals surface area contributed by atoms with E-state index >= 15 is 0 Å². The number of hydrogen-bond donors (Lipinski definition) is 1. The van der Waals surface area contributed by atoms with Gasteiger partial charge in [-0.15, -0.1) is 0 Å². The fourth-order valence-corrected chi connectivity index (χ4v) is 2.26. The van der Waals surface area contributed by atoms with Gasteiger partial charge in [0.05, 0.1) is 11.5 Å². The van der Waals surface area contributed by atoms with Gasteiger partial charge in [0, 0.05) is 12.5 Å². The van der Waals surface area contributed by atoms with Gasteiger partial charge in [-0.1, -0.05) is 26.2 Å². The third-order valence-electron chi connectivity index (χ3n) is 3.60. The molecule has 7 nitrogen and oxygen atoms in total. The zero-order valence-corrected chi connectivity index (χ0v) is 13.3. The van der Waals surface area contributed by atoms with Gasteiger partial charge in [-0.2, -0.15) is 4.98 Å². The Balaban J connectivity index is 2.17. The molecular formula is C15H24N4O3. The van der Waals surface area contributed by atoms with Crippen LogP contribution in [-0.2, 0) is 0 Å². The van der Waals surface area contributed by atoms with Crippen LogP contribution in [0.15, 0.2) is 0 Å². The molecule has 0 radical (unpaired) electrons. The number of unbranched alkanes of at least 4 members (excludes halogenated alkanes) is 3. The average molecular weight is 308 g/mol. The Morgan fingerprint density at radius 1 is 1.27 bits per heavy atom. The second kappa shape index (κ2) is 7.91. The first kappa shape index (κ1) is 16.5. The predicted octanol–water partition coefficient (Wildman–Crippen LogP) is 3.65. The van der Waals surface area contributed by atoms with Crippen molar-refractivity contribution in [2.45, 2.75) is 58.3 Å². The molecule has 22 heavy (non-hydrogen) atoms. The van der Waals surface area contributed by atoms with Crippen molar-refractivity contribution in [3.63, 3.8) is 0 Å². The first-order chi connectivity index (χ1) is 10.7. The van der Waals surface area contributed by atoms with E-state index in [1.54, 1.807) is 6.92 Å². The number of ether oxygens (including phenoxy) is 1. The Morgan fingerprint density at radius 3 is 2.64 bits per heavy atom. The van der Waals surface area contributed by atoms with Crippen molar-refractivity contribution in [1.29, 1.82) is 0 Å². The van der Waals surface area contributed by atoms with Crippen LogP contribution in [0.25, 0.3) is 0 Å². The van der Waals surface area contributed by atoms with E-state index in [0.717, 1.165) is 32.1 Å². The molecule has 0 amide bonds. The lowest BCUT2D eigenvalue weighted by molar-refractivity contribution is -0.385. The second-order valence-electron chi connectivity index (χ2n) is 5.54. The second-order valence-corrected chi connectivity index (χ2v) is 5.54. The lowest BCUT2D eigenvalue weighted by Gasteiger charge is -2.11. The average Bonchev–Trinajstić information content (AvgIpc) is 3.31. The minimum atomic E-state index is -0.462. The van der Waals surface area contributed by atoms with E-state index in [-0.39, 0.29) is 11.6 Å². The SMILES string of the molecule is CCCCCCNc1nc(C2CC2)nc(OCC)c1[N+](=O)[O-]. The van der Waals surface area contributed by atoms with E-state index < -0.39 is 4.92 Å². The Hall–Kier alpha value is -1.92. The van der Waals surface area contributed by atoms with Crippen molar-refractivity contribution in [1.82, 2.24) is 9.97 Å². The number of aromatic nitrogens is 2. The molecule has 0 aromatic carbocycles. The molecule has 7 heteroatoms. The smallest absolute Gasteiger partial charge is 0.372 e. The van der Waals surface area contributed by atoms with Crippen molar-refractivity contribution in [2.75, 3.05) is 18.5 Å². The van der Waals surface area contributed by atoms with Gasteiger partial charge in [-0.05, 0) is 26.2 Å². The van der Waals surface area contributed by atoms with Crippen molar-refractivity contribution in [3.05, 3.63) is 15.9 Å². The van der Waals surface area contributed by atoms with Crippen molar-refractivity contribution < 1.29 is 9.66 Å². The van der Waals surface area contributed by atoms with Gasteiger partial charge in [0.25, 0.3) is 5.88 Å². The first-order valence-corrected chi connectivity index (χ1v) is 8.10. The van der Waals surface area contributed by atoms with Gasteiger partial charge in [0.15, 0.2) is 0 Å². The van der Waals surface area contributed by atoms with Gasteiger partial charge in [-0.25, -0.2) is 4.98 Å². The third kappa shape index (κ3) is 4.29. The van der Waals surface area contributed by atoms with Gasteiger partial charge < -0.3 is 10.1 Å². The maximum Gasteiger partial charge on any atom is 0.372 e. The van der Waals surface area contributed by atoms with Crippen LogP contribution in [0.3, 0.4) is 0 Å². The fourth-order valence-electron chi connectivity index (χ4n) is 2.26. The highest BCUT2D eigenvalue weighted by molar-refractivity contribution is 5.62. The number of hydrogen-bond acceptors (Lipinski definition) is 6. The topological polar surface area (TPSA) is 90.2 Å². The highest BCUT2D eigenvalue weighted by Gasteiger charge is 2.32. The molecule has 1 aromatic rings. The quantitative estimate of drug-likeness (QED) is 0.403. The first-order valence-electron chi connectivity index (χ1n) is 8.10. The number of nitrogens with zero attached hydrogens (tertiary/aromatic N) is 3. The molecule has 0 saturated heterocycles. The van der Waals surface area contributed by atoms with Gasteiger partial charge >= 0.3 is 5.69 Å². The molecule has 1 N–H and O–H groups in total. The van der Waals surface area contributed by atoms with E-state index in [4.69, 9.17) is 4.74 Å². The van der Waals surface area contributed by atoms with Crippen LogP contribution in [0.5, 0.6) is 5.88 Å². The largest absolute Gasteiger partial charge is 0.473 e. The molecule has 0 aliphatic heterocycles. The van der Waals surface area contributed by atoms with Gasteiger partial charge in [0.1, 0.15) is 5.82 Å². The van der Waals surface area contributed by atoms with Crippen molar-refractivity contribution >= 4 is 11.5 Å². The molecular weight excluding hydrogens is 284 g/mol. The maximum absolute atomic E-state index is 11.4. The van der Waals surface area contributed by atoms with Crippen molar-refractivity contribution in [3.8, 4) is 5.88 Å². The summed E-state index contributed by atoms with van der Waals surface area (Å²) in [6.07, 6.45) is 6.49. The van der Waals surface area contributed by atoms with E-state index in [1.807, 2.05) is 0 Å². The summed E-state index contributed by atoms with van der Waals surface area (Å²) in [6, 6.07) is 0. The zero-order valence-electron chi connectivity index (χ0n) is 13.3. The van der Waals surface area contributed by atoms with E-state index in [0.29, 0.717) is 30.7 Å². The number of anilines is 1. The molecule has 2 rings (SSSR count). The predicted molar refractivity (Wildman–Crippen MR) is 84.5 cm³/mol. The Morgan fingerprint density at radius 2 is 2.05 bits per heavy atom. The Labute approximate surface area is 130 Å². The monoisotopic (exact) mass is 308 g/mol. The van der Waals surface area contributed by atoms with E-state index in [2.05, 4.69) is 22.2 Å².